The van der Waals surface area contributed by atoms with Crippen LogP contribution in [0, 0.1) is 0 Å². The van der Waals surface area contributed by atoms with Crippen LogP contribution >= 0.6 is 0 Å². The molecule has 1 aliphatic rings. The number of rotatable bonds is 2. The van der Waals surface area contributed by atoms with Crippen LogP contribution in [-0.2, 0) is 6.54 Å². The third-order valence-corrected chi connectivity index (χ3v) is 2.82. The third-order valence-electron chi connectivity index (χ3n) is 2.82. The number of nitrogens with one attached hydrogen (secondary N) is 2. The van der Waals surface area contributed by atoms with Crippen molar-refractivity contribution in [1.82, 2.24) is 20.4 Å². The molecule has 4 N–H and O–H groups in total. The molecule has 1 aromatic rings. The molecule has 0 aromatic carbocycles. The molecular weight excluding hydrogens is 206 g/mol. The predicted molar refractivity (Wildman–Crippen MR) is 60.7 cm³/mol. The number of urea groups is 1. The lowest BCUT2D eigenvalue weighted by molar-refractivity contribution is 0.186. The number of nitrogen functional groups attached to an aromatic ring is 1. The highest BCUT2D eigenvalue weighted by molar-refractivity contribution is 5.74. The number of nitrogens with zero attached hydrogens (tertiary/aromatic N) is 2. The van der Waals surface area contributed by atoms with E-state index in [1.165, 1.54) is 6.42 Å². The summed E-state index contributed by atoms with van der Waals surface area (Å²) in [7, 11) is 0. The number of aromatic amines is 1. The van der Waals surface area contributed by atoms with Crippen LogP contribution < -0.4 is 11.1 Å². The van der Waals surface area contributed by atoms with Gasteiger partial charge in [0.1, 0.15) is 5.82 Å². The molecule has 0 aliphatic carbocycles. The molecule has 88 valence electrons. The van der Waals surface area contributed by atoms with Gasteiger partial charge in [0.05, 0.1) is 6.20 Å². The fourth-order valence-electron chi connectivity index (χ4n) is 1.84. The number of carbonyl (C=O) groups is 1. The lowest BCUT2D eigenvalue weighted by atomic mass is 10.1. The number of piperidine rings is 1. The van der Waals surface area contributed by atoms with E-state index in [4.69, 9.17) is 5.73 Å². The predicted octanol–water partition coefficient (Wildman–Crippen LogP) is 0.687. The van der Waals surface area contributed by atoms with Gasteiger partial charge in [-0.1, -0.05) is 0 Å². The van der Waals surface area contributed by atoms with E-state index in [9.17, 15) is 4.79 Å². The summed E-state index contributed by atoms with van der Waals surface area (Å²) < 4.78 is 0. The summed E-state index contributed by atoms with van der Waals surface area (Å²) in [6, 6.07) is -0.0136. The first-order valence-corrected chi connectivity index (χ1v) is 5.58. The zero-order valence-electron chi connectivity index (χ0n) is 9.20. The zero-order valence-corrected chi connectivity index (χ0v) is 9.20. The van der Waals surface area contributed by atoms with Crippen molar-refractivity contribution in [3.8, 4) is 0 Å². The molecule has 0 unspecified atom stereocenters. The van der Waals surface area contributed by atoms with Gasteiger partial charge in [-0.3, -0.25) is 5.10 Å². The molecule has 1 aliphatic heterocycles. The Morgan fingerprint density at radius 2 is 2.25 bits per heavy atom. The largest absolute Gasteiger partial charge is 0.384 e. The average Bonchev–Trinajstić information content (AvgIpc) is 2.73. The van der Waals surface area contributed by atoms with Gasteiger partial charge >= 0.3 is 6.03 Å². The Bertz CT molecular complexity index is 356. The van der Waals surface area contributed by atoms with Crippen LogP contribution in [0.5, 0.6) is 0 Å². The van der Waals surface area contributed by atoms with E-state index >= 15 is 0 Å². The quantitative estimate of drug-likeness (QED) is 0.689. The van der Waals surface area contributed by atoms with Crippen LogP contribution in [0.25, 0.3) is 0 Å². The average molecular weight is 223 g/mol. The maximum absolute atomic E-state index is 11.7. The van der Waals surface area contributed by atoms with Crippen molar-refractivity contribution in [2.45, 2.75) is 25.8 Å². The third kappa shape index (κ3) is 2.44. The summed E-state index contributed by atoms with van der Waals surface area (Å²) >= 11 is 0. The van der Waals surface area contributed by atoms with Gasteiger partial charge in [0.25, 0.3) is 0 Å². The van der Waals surface area contributed by atoms with Gasteiger partial charge in [0.15, 0.2) is 0 Å². The molecule has 1 aromatic heterocycles. The number of amides is 2. The van der Waals surface area contributed by atoms with Crippen molar-refractivity contribution in [1.29, 1.82) is 0 Å². The first-order valence-electron chi connectivity index (χ1n) is 5.58. The van der Waals surface area contributed by atoms with E-state index in [0.29, 0.717) is 12.4 Å². The van der Waals surface area contributed by atoms with Gasteiger partial charge in [-0.2, -0.15) is 5.10 Å². The Kier molecular flexibility index (Phi) is 3.28. The number of aromatic nitrogens is 2. The number of hydrogen-bond donors (Lipinski definition) is 3. The number of anilines is 1. The van der Waals surface area contributed by atoms with Crippen LogP contribution in [0.15, 0.2) is 6.20 Å². The highest BCUT2D eigenvalue weighted by atomic mass is 16.2. The van der Waals surface area contributed by atoms with Crippen LogP contribution in [0.4, 0.5) is 10.6 Å². The minimum atomic E-state index is -0.0136. The molecule has 2 heterocycles. The molecule has 16 heavy (non-hydrogen) atoms. The Morgan fingerprint density at radius 3 is 2.88 bits per heavy atom. The monoisotopic (exact) mass is 223 g/mol. The van der Waals surface area contributed by atoms with Crippen molar-refractivity contribution in [3.05, 3.63) is 11.8 Å². The van der Waals surface area contributed by atoms with Gasteiger partial charge in [0, 0.05) is 25.2 Å². The molecule has 0 radical (unpaired) electrons. The second kappa shape index (κ2) is 4.87. The molecule has 1 saturated heterocycles. The summed E-state index contributed by atoms with van der Waals surface area (Å²) in [6.07, 6.45) is 5.05. The lowest BCUT2D eigenvalue weighted by Gasteiger charge is -2.26. The molecule has 0 spiro atoms. The van der Waals surface area contributed by atoms with E-state index in [1.54, 1.807) is 6.20 Å². The van der Waals surface area contributed by atoms with Crippen LogP contribution in [0.1, 0.15) is 24.8 Å². The molecule has 0 atom stereocenters. The molecule has 0 bridgehead atoms. The second-order valence-electron chi connectivity index (χ2n) is 4.02. The number of likely N-dealkylation sites (tertiary alicyclic amines) is 1. The minimum Gasteiger partial charge on any atom is -0.384 e. The molecule has 6 heteroatoms. The fraction of sp³-hybridized carbons (Fsp3) is 0.600. The van der Waals surface area contributed by atoms with E-state index in [1.807, 2.05) is 4.90 Å². The topological polar surface area (TPSA) is 87.0 Å². The molecule has 2 rings (SSSR count). The molecule has 6 nitrogen and oxygen atoms in total. The van der Waals surface area contributed by atoms with Gasteiger partial charge in [0.2, 0.25) is 0 Å². The van der Waals surface area contributed by atoms with Crippen LogP contribution in [0.2, 0.25) is 0 Å². The van der Waals surface area contributed by atoms with Crippen molar-refractivity contribution < 1.29 is 4.79 Å². The summed E-state index contributed by atoms with van der Waals surface area (Å²) in [5, 5.41) is 9.27. The number of hydrogen-bond acceptors (Lipinski definition) is 3. The SMILES string of the molecule is Nc1[nH]ncc1CNC(=O)N1CCCCC1. The smallest absolute Gasteiger partial charge is 0.317 e. The number of H-pyrrole nitrogens is 1. The molecule has 0 saturated carbocycles. The van der Waals surface area contributed by atoms with E-state index in [0.717, 1.165) is 31.5 Å². The summed E-state index contributed by atoms with van der Waals surface area (Å²) in [4.78, 5) is 13.6. The van der Waals surface area contributed by atoms with Crippen molar-refractivity contribution in [2.75, 3.05) is 18.8 Å². The van der Waals surface area contributed by atoms with Crippen molar-refractivity contribution >= 4 is 11.8 Å². The maximum atomic E-state index is 11.7. The van der Waals surface area contributed by atoms with Gasteiger partial charge in [-0.25, -0.2) is 4.79 Å². The maximum Gasteiger partial charge on any atom is 0.317 e. The van der Waals surface area contributed by atoms with Crippen LogP contribution in [0.3, 0.4) is 0 Å². The normalized spacial score (nSPS) is 16.1. The summed E-state index contributed by atoms with van der Waals surface area (Å²) in [6.45, 7) is 2.14. The number of carbonyl (C=O) groups excluding carboxylic acids is 1. The lowest BCUT2D eigenvalue weighted by Crippen LogP contribution is -2.42. The van der Waals surface area contributed by atoms with Crippen LogP contribution in [-0.4, -0.2) is 34.2 Å². The number of nitrogens with two attached hydrogens (primary N) is 1. The highest BCUT2D eigenvalue weighted by Crippen LogP contribution is 2.09. The summed E-state index contributed by atoms with van der Waals surface area (Å²) in [5.74, 6) is 0.513. The first kappa shape index (κ1) is 10.8. The van der Waals surface area contributed by atoms with Gasteiger partial charge in [-0.15, -0.1) is 0 Å². The standard InChI is InChI=1S/C10H17N5O/c11-9-8(7-13-14-9)6-12-10(16)15-4-2-1-3-5-15/h7H,1-6H2,(H,12,16)(H3,11,13,14). The first-order chi connectivity index (χ1) is 7.77. The highest BCUT2D eigenvalue weighted by Gasteiger charge is 2.16. The Morgan fingerprint density at radius 1 is 1.50 bits per heavy atom. The molecular formula is C10H17N5O. The Hall–Kier alpha value is -1.72. The van der Waals surface area contributed by atoms with E-state index < -0.39 is 0 Å². The van der Waals surface area contributed by atoms with E-state index in [2.05, 4.69) is 15.5 Å². The van der Waals surface area contributed by atoms with Gasteiger partial charge < -0.3 is 16.0 Å². The Balaban J connectivity index is 1.81. The zero-order chi connectivity index (χ0) is 11.4. The van der Waals surface area contributed by atoms with Crippen molar-refractivity contribution in [2.24, 2.45) is 0 Å². The Labute approximate surface area is 94.2 Å². The van der Waals surface area contributed by atoms with Crippen molar-refractivity contribution in [3.63, 3.8) is 0 Å². The molecule has 1 fully saturated rings. The van der Waals surface area contributed by atoms with Gasteiger partial charge in [-0.05, 0) is 19.3 Å². The molecule has 2 amide bonds. The minimum absolute atomic E-state index is 0.0136. The fourth-order valence-corrected chi connectivity index (χ4v) is 1.84. The van der Waals surface area contributed by atoms with E-state index in [-0.39, 0.29) is 6.03 Å². The summed E-state index contributed by atoms with van der Waals surface area (Å²) in [5.41, 5.74) is 6.45. The second-order valence-corrected chi connectivity index (χ2v) is 4.02.